The molecule has 7 heteroatoms. The van der Waals surface area contributed by atoms with Crippen molar-refractivity contribution in [2.45, 2.75) is 13.0 Å². The molecule has 7 nitrogen and oxygen atoms in total. The first kappa shape index (κ1) is 25.0. The van der Waals surface area contributed by atoms with Crippen LogP contribution < -0.4 is 4.74 Å². The highest BCUT2D eigenvalue weighted by atomic mass is 16.5. The summed E-state index contributed by atoms with van der Waals surface area (Å²) in [4.78, 5) is 22.2. The Kier molecular flexibility index (Phi) is 7.53. The van der Waals surface area contributed by atoms with Crippen LogP contribution in [0, 0.1) is 0 Å². The molecule has 0 bridgehead atoms. The number of likely N-dealkylation sites (N-methyl/N-ethyl adjacent to an activating group) is 1. The monoisotopic (exact) mass is 498 g/mol. The minimum Gasteiger partial charge on any atom is -0.497 e. The number of aryl methyl sites for hydroxylation is 1. The summed E-state index contributed by atoms with van der Waals surface area (Å²) in [5, 5.41) is 0.905. The molecule has 5 rings (SSSR count). The number of benzene rings is 2. The standard InChI is InChI=1S/C30H34N4O3/c1-32-14-16-33(17-15-32)12-5-13-34-21-27(29-26(30(35)37-3)6-4-7-28(29)34)24-18-23(19-31-20-24)22-8-10-25(36-2)11-9-22/h4,6-11,18-21H,5,12-17H2,1-3H3. The lowest BCUT2D eigenvalue weighted by atomic mass is 9.99. The molecule has 0 unspecified atom stereocenters. The van der Waals surface area contributed by atoms with E-state index in [1.54, 1.807) is 7.11 Å². The Balaban J connectivity index is 1.49. The molecule has 3 heterocycles. The number of ether oxygens (including phenoxy) is 2. The first-order valence-electron chi connectivity index (χ1n) is 12.8. The lowest BCUT2D eigenvalue weighted by molar-refractivity contribution is 0.0603. The van der Waals surface area contributed by atoms with Gasteiger partial charge in [0.15, 0.2) is 0 Å². The Morgan fingerprint density at radius 2 is 1.68 bits per heavy atom. The lowest BCUT2D eigenvalue weighted by Crippen LogP contribution is -2.44. The molecule has 0 spiro atoms. The van der Waals surface area contributed by atoms with Crippen LogP contribution in [0.1, 0.15) is 16.8 Å². The van der Waals surface area contributed by atoms with E-state index in [0.29, 0.717) is 5.56 Å². The van der Waals surface area contributed by atoms with Gasteiger partial charge in [-0.2, -0.15) is 0 Å². The number of piperazine rings is 1. The Morgan fingerprint density at radius 3 is 2.41 bits per heavy atom. The topological polar surface area (TPSA) is 59.8 Å². The lowest BCUT2D eigenvalue weighted by Gasteiger charge is -2.32. The molecule has 0 N–H and O–H groups in total. The number of fused-ring (bicyclic) bond motifs is 1. The molecule has 1 aliphatic heterocycles. The normalized spacial score (nSPS) is 14.7. The van der Waals surface area contributed by atoms with Crippen LogP contribution in [-0.2, 0) is 11.3 Å². The van der Waals surface area contributed by atoms with Gasteiger partial charge in [0.05, 0.1) is 19.8 Å². The number of pyridine rings is 1. The fourth-order valence-corrected chi connectivity index (χ4v) is 5.10. The van der Waals surface area contributed by atoms with Crippen LogP contribution in [0.4, 0.5) is 0 Å². The van der Waals surface area contributed by atoms with E-state index >= 15 is 0 Å². The largest absolute Gasteiger partial charge is 0.497 e. The molecule has 1 fully saturated rings. The molecule has 0 atom stereocenters. The second-order valence-corrected chi connectivity index (χ2v) is 9.62. The SMILES string of the molecule is COC(=O)c1cccc2c1c(-c1cncc(-c3ccc(OC)cc3)c1)cn2CCCN1CCN(C)CC1. The number of hydrogen-bond donors (Lipinski definition) is 0. The quantitative estimate of drug-likeness (QED) is 0.325. The number of methoxy groups -OCH3 is 2. The molecule has 0 aliphatic carbocycles. The molecule has 0 amide bonds. The Labute approximate surface area is 218 Å². The second-order valence-electron chi connectivity index (χ2n) is 9.62. The molecule has 1 saturated heterocycles. The van der Waals surface area contributed by atoms with Gasteiger partial charge in [0.1, 0.15) is 5.75 Å². The van der Waals surface area contributed by atoms with Gasteiger partial charge in [0, 0.05) is 78.9 Å². The van der Waals surface area contributed by atoms with E-state index in [9.17, 15) is 4.79 Å². The molecule has 192 valence electrons. The smallest absolute Gasteiger partial charge is 0.338 e. The molecule has 2 aromatic heterocycles. The summed E-state index contributed by atoms with van der Waals surface area (Å²) < 4.78 is 12.7. The van der Waals surface area contributed by atoms with Crippen LogP contribution in [0.3, 0.4) is 0 Å². The highest BCUT2D eigenvalue weighted by Gasteiger charge is 2.20. The molecule has 1 aliphatic rings. The average Bonchev–Trinajstić information content (AvgIpc) is 3.32. The van der Waals surface area contributed by atoms with Crippen molar-refractivity contribution in [3.05, 3.63) is 72.7 Å². The Hall–Kier alpha value is -3.68. The van der Waals surface area contributed by atoms with Gasteiger partial charge in [-0.15, -0.1) is 0 Å². The maximum Gasteiger partial charge on any atom is 0.338 e. The van der Waals surface area contributed by atoms with Crippen LogP contribution in [-0.4, -0.2) is 79.3 Å². The summed E-state index contributed by atoms with van der Waals surface area (Å²) in [5.74, 6) is 0.483. The zero-order valence-electron chi connectivity index (χ0n) is 21.8. The molecular weight excluding hydrogens is 464 g/mol. The third-order valence-corrected chi connectivity index (χ3v) is 7.25. The van der Waals surface area contributed by atoms with Gasteiger partial charge in [0.2, 0.25) is 0 Å². The van der Waals surface area contributed by atoms with E-state index in [2.05, 4.69) is 44.7 Å². The molecular formula is C30H34N4O3. The third-order valence-electron chi connectivity index (χ3n) is 7.25. The predicted octanol–water partition coefficient (Wildman–Crippen LogP) is 4.80. The van der Waals surface area contributed by atoms with E-state index in [1.807, 2.05) is 48.8 Å². The molecule has 37 heavy (non-hydrogen) atoms. The van der Waals surface area contributed by atoms with Gasteiger partial charge < -0.3 is 23.8 Å². The van der Waals surface area contributed by atoms with Crippen molar-refractivity contribution in [2.24, 2.45) is 0 Å². The van der Waals surface area contributed by atoms with Crippen molar-refractivity contribution < 1.29 is 14.3 Å². The first-order chi connectivity index (χ1) is 18.1. The number of esters is 1. The summed E-state index contributed by atoms with van der Waals surface area (Å²) >= 11 is 0. The number of nitrogens with zero attached hydrogens (tertiary/aromatic N) is 4. The van der Waals surface area contributed by atoms with Gasteiger partial charge in [0.25, 0.3) is 0 Å². The number of hydrogen-bond acceptors (Lipinski definition) is 6. The summed E-state index contributed by atoms with van der Waals surface area (Å²) in [5.41, 5.74) is 5.62. The number of rotatable bonds is 8. The van der Waals surface area contributed by atoms with Crippen molar-refractivity contribution in [2.75, 3.05) is 54.0 Å². The van der Waals surface area contributed by atoms with Crippen molar-refractivity contribution in [1.82, 2.24) is 19.4 Å². The zero-order valence-corrected chi connectivity index (χ0v) is 21.8. The summed E-state index contributed by atoms with van der Waals surface area (Å²) in [6, 6.07) is 15.9. The Bertz CT molecular complexity index is 1370. The summed E-state index contributed by atoms with van der Waals surface area (Å²) in [6.07, 6.45) is 6.93. The second kappa shape index (κ2) is 11.2. The summed E-state index contributed by atoms with van der Waals surface area (Å²) in [7, 11) is 5.28. The Morgan fingerprint density at radius 1 is 0.919 bits per heavy atom. The number of carbonyl (C=O) groups is 1. The average molecular weight is 499 g/mol. The van der Waals surface area contributed by atoms with Crippen LogP contribution in [0.2, 0.25) is 0 Å². The highest BCUT2D eigenvalue weighted by molar-refractivity contribution is 6.10. The molecule has 0 saturated carbocycles. The van der Waals surface area contributed by atoms with Crippen LogP contribution >= 0.6 is 0 Å². The fourth-order valence-electron chi connectivity index (χ4n) is 5.10. The zero-order chi connectivity index (χ0) is 25.8. The molecule has 4 aromatic rings. The van der Waals surface area contributed by atoms with Crippen LogP contribution in [0.25, 0.3) is 33.2 Å². The summed E-state index contributed by atoms with van der Waals surface area (Å²) in [6.45, 7) is 6.41. The predicted molar refractivity (Wildman–Crippen MR) is 147 cm³/mol. The van der Waals surface area contributed by atoms with Crippen molar-refractivity contribution in [1.29, 1.82) is 0 Å². The molecule has 0 radical (unpaired) electrons. The van der Waals surface area contributed by atoms with E-state index in [0.717, 1.165) is 84.6 Å². The van der Waals surface area contributed by atoms with Gasteiger partial charge in [-0.1, -0.05) is 18.2 Å². The van der Waals surface area contributed by atoms with E-state index < -0.39 is 0 Å². The fraction of sp³-hybridized carbons (Fsp3) is 0.333. The van der Waals surface area contributed by atoms with Crippen LogP contribution in [0.15, 0.2) is 67.1 Å². The van der Waals surface area contributed by atoms with Gasteiger partial charge in [-0.3, -0.25) is 4.98 Å². The van der Waals surface area contributed by atoms with Crippen molar-refractivity contribution >= 4 is 16.9 Å². The number of carbonyl (C=O) groups excluding carboxylic acids is 1. The highest BCUT2D eigenvalue weighted by Crippen LogP contribution is 2.35. The minimum absolute atomic E-state index is 0.332. The van der Waals surface area contributed by atoms with Crippen LogP contribution in [0.5, 0.6) is 5.75 Å². The maximum absolute atomic E-state index is 12.7. The van der Waals surface area contributed by atoms with Gasteiger partial charge >= 0.3 is 5.97 Å². The van der Waals surface area contributed by atoms with E-state index in [-0.39, 0.29) is 5.97 Å². The minimum atomic E-state index is -0.332. The van der Waals surface area contributed by atoms with E-state index in [4.69, 9.17) is 9.47 Å². The number of aromatic nitrogens is 2. The van der Waals surface area contributed by atoms with Crippen molar-refractivity contribution in [3.8, 4) is 28.0 Å². The van der Waals surface area contributed by atoms with Crippen molar-refractivity contribution in [3.63, 3.8) is 0 Å². The van der Waals surface area contributed by atoms with Gasteiger partial charge in [-0.05, 0) is 55.9 Å². The third kappa shape index (κ3) is 5.38. The maximum atomic E-state index is 12.7. The van der Waals surface area contributed by atoms with Gasteiger partial charge in [-0.25, -0.2) is 4.79 Å². The molecule has 2 aromatic carbocycles. The first-order valence-corrected chi connectivity index (χ1v) is 12.8. The van der Waals surface area contributed by atoms with E-state index in [1.165, 1.54) is 7.11 Å².